The van der Waals surface area contributed by atoms with Crippen LogP contribution in [0.2, 0.25) is 0 Å². The van der Waals surface area contributed by atoms with Crippen LogP contribution in [0.25, 0.3) is 28.1 Å². The Balaban J connectivity index is 1.51. The van der Waals surface area contributed by atoms with E-state index in [1.807, 2.05) is 22.6 Å². The minimum atomic E-state index is -0.240. The fourth-order valence-corrected chi connectivity index (χ4v) is 4.61. The number of aromatic nitrogens is 4. The first-order valence-corrected chi connectivity index (χ1v) is 11.3. The lowest BCUT2D eigenvalue weighted by molar-refractivity contribution is 0.201. The van der Waals surface area contributed by atoms with Crippen LogP contribution in [-0.4, -0.2) is 56.8 Å². The zero-order valence-corrected chi connectivity index (χ0v) is 19.3. The first-order chi connectivity index (χ1) is 15.8. The standard InChI is InChI=1S/C25H29FN6O/c1-16(31-10-9-25(2,27)15-31)19-5-7-23-29-30-24(32(23)14-19)21-6-4-18-12-20(26)17(8-11-33-3)13-22(18)28-21/h4-7,12-14,16H,8-11,15,27H2,1-3H3/t16-,25+/m1/s1. The molecule has 1 aromatic carbocycles. The highest BCUT2D eigenvalue weighted by Crippen LogP contribution is 2.29. The fraction of sp³-hybridized carbons (Fsp3) is 0.400. The van der Waals surface area contributed by atoms with Crippen molar-refractivity contribution in [3.8, 4) is 11.5 Å². The topological polar surface area (TPSA) is 81.6 Å². The van der Waals surface area contributed by atoms with E-state index in [9.17, 15) is 4.39 Å². The molecular weight excluding hydrogens is 419 g/mol. The molecule has 1 saturated heterocycles. The van der Waals surface area contributed by atoms with Gasteiger partial charge in [0.1, 0.15) is 11.5 Å². The molecule has 0 unspecified atom stereocenters. The second-order valence-electron chi connectivity index (χ2n) is 9.34. The van der Waals surface area contributed by atoms with Gasteiger partial charge in [-0.1, -0.05) is 12.1 Å². The number of nitrogens with two attached hydrogens (primary N) is 1. The van der Waals surface area contributed by atoms with Gasteiger partial charge >= 0.3 is 0 Å². The number of likely N-dealkylation sites (tertiary alicyclic amines) is 1. The minimum Gasteiger partial charge on any atom is -0.384 e. The number of halogens is 1. The number of nitrogens with zero attached hydrogens (tertiary/aromatic N) is 5. The van der Waals surface area contributed by atoms with E-state index in [1.165, 1.54) is 11.6 Å². The summed E-state index contributed by atoms with van der Waals surface area (Å²) in [5.74, 6) is 0.421. The number of methoxy groups -OCH3 is 1. The van der Waals surface area contributed by atoms with Gasteiger partial charge in [0, 0.05) is 43.4 Å². The van der Waals surface area contributed by atoms with Crippen molar-refractivity contribution in [3.05, 3.63) is 59.5 Å². The van der Waals surface area contributed by atoms with Crippen molar-refractivity contribution in [2.24, 2.45) is 5.73 Å². The number of pyridine rings is 2. The van der Waals surface area contributed by atoms with Crippen molar-refractivity contribution < 1.29 is 9.13 Å². The molecule has 1 fully saturated rings. The third-order valence-electron chi connectivity index (χ3n) is 6.65. The monoisotopic (exact) mass is 448 g/mol. The van der Waals surface area contributed by atoms with Crippen LogP contribution in [0.3, 0.4) is 0 Å². The van der Waals surface area contributed by atoms with Crippen LogP contribution in [0.15, 0.2) is 42.6 Å². The molecule has 5 rings (SSSR count). The Morgan fingerprint density at radius 1 is 1.21 bits per heavy atom. The highest BCUT2D eigenvalue weighted by molar-refractivity contribution is 5.82. The van der Waals surface area contributed by atoms with Gasteiger partial charge in [0.15, 0.2) is 11.5 Å². The van der Waals surface area contributed by atoms with Crippen molar-refractivity contribution in [2.75, 3.05) is 26.8 Å². The highest BCUT2D eigenvalue weighted by Gasteiger charge is 2.32. The lowest BCUT2D eigenvalue weighted by Gasteiger charge is -2.26. The van der Waals surface area contributed by atoms with Gasteiger partial charge < -0.3 is 10.5 Å². The molecule has 0 saturated carbocycles. The molecule has 1 aliphatic rings. The maximum atomic E-state index is 14.4. The van der Waals surface area contributed by atoms with Crippen molar-refractivity contribution in [1.82, 2.24) is 24.5 Å². The zero-order valence-electron chi connectivity index (χ0n) is 19.3. The summed E-state index contributed by atoms with van der Waals surface area (Å²) < 4.78 is 21.5. The van der Waals surface area contributed by atoms with Gasteiger partial charge in [-0.2, -0.15) is 0 Å². The predicted molar refractivity (Wildman–Crippen MR) is 126 cm³/mol. The highest BCUT2D eigenvalue weighted by atomic mass is 19.1. The molecule has 8 heteroatoms. The van der Waals surface area contributed by atoms with E-state index in [4.69, 9.17) is 15.5 Å². The van der Waals surface area contributed by atoms with E-state index < -0.39 is 0 Å². The number of rotatable bonds is 6. The van der Waals surface area contributed by atoms with Crippen LogP contribution in [0.5, 0.6) is 0 Å². The lowest BCUT2D eigenvalue weighted by atomic mass is 10.0. The second-order valence-corrected chi connectivity index (χ2v) is 9.34. The van der Waals surface area contributed by atoms with Crippen LogP contribution < -0.4 is 5.73 Å². The van der Waals surface area contributed by atoms with E-state index in [0.717, 1.165) is 36.1 Å². The molecule has 7 nitrogen and oxygen atoms in total. The molecule has 0 radical (unpaired) electrons. The molecule has 2 atom stereocenters. The van der Waals surface area contributed by atoms with Crippen molar-refractivity contribution >= 4 is 16.6 Å². The molecule has 2 N–H and O–H groups in total. The molecule has 0 amide bonds. The number of hydrogen-bond donors (Lipinski definition) is 1. The van der Waals surface area contributed by atoms with E-state index in [-0.39, 0.29) is 17.4 Å². The Morgan fingerprint density at radius 3 is 2.82 bits per heavy atom. The Bertz CT molecular complexity index is 1320. The van der Waals surface area contributed by atoms with Crippen LogP contribution >= 0.6 is 0 Å². The summed E-state index contributed by atoms with van der Waals surface area (Å²) in [5, 5.41) is 9.49. The van der Waals surface area contributed by atoms with Gasteiger partial charge in [-0.3, -0.25) is 9.30 Å². The van der Waals surface area contributed by atoms with Crippen molar-refractivity contribution in [3.63, 3.8) is 0 Å². The third kappa shape index (κ3) is 4.21. The first kappa shape index (κ1) is 21.9. The summed E-state index contributed by atoms with van der Waals surface area (Å²) in [5.41, 5.74) is 10.1. The number of fused-ring (bicyclic) bond motifs is 2. The van der Waals surface area contributed by atoms with Crippen LogP contribution in [0.1, 0.15) is 37.4 Å². The quantitative estimate of drug-likeness (QED) is 0.484. The average Bonchev–Trinajstić information content (AvgIpc) is 3.39. The molecule has 0 bridgehead atoms. The molecular formula is C25H29FN6O. The minimum absolute atomic E-state index is 0.142. The van der Waals surface area contributed by atoms with Gasteiger partial charge in [0.05, 0.1) is 12.1 Å². The zero-order chi connectivity index (χ0) is 23.2. The smallest absolute Gasteiger partial charge is 0.187 e. The fourth-order valence-electron chi connectivity index (χ4n) is 4.61. The SMILES string of the molecule is COCCc1cc2nc(-c3nnc4ccc([C@@H](C)N5CC[C@](C)(N)C5)cn34)ccc2cc1F. The summed E-state index contributed by atoms with van der Waals surface area (Å²) in [6, 6.07) is 11.4. The summed E-state index contributed by atoms with van der Waals surface area (Å²) >= 11 is 0. The van der Waals surface area contributed by atoms with E-state index >= 15 is 0 Å². The summed E-state index contributed by atoms with van der Waals surface area (Å²) in [6.07, 6.45) is 3.57. The number of ether oxygens (including phenoxy) is 1. The Morgan fingerprint density at radius 2 is 2.06 bits per heavy atom. The molecule has 172 valence electrons. The lowest BCUT2D eigenvalue weighted by Crippen LogP contribution is -2.39. The molecule has 1 aliphatic heterocycles. The Labute approximate surface area is 192 Å². The van der Waals surface area contributed by atoms with Gasteiger partial charge in [-0.15, -0.1) is 10.2 Å². The first-order valence-electron chi connectivity index (χ1n) is 11.3. The van der Waals surface area contributed by atoms with Crippen LogP contribution in [-0.2, 0) is 11.2 Å². The second kappa shape index (κ2) is 8.44. The van der Waals surface area contributed by atoms with E-state index in [2.05, 4.69) is 41.2 Å². The third-order valence-corrected chi connectivity index (χ3v) is 6.65. The van der Waals surface area contributed by atoms with Gasteiger partial charge in [0.25, 0.3) is 0 Å². The normalized spacial score (nSPS) is 20.2. The molecule has 4 heterocycles. The molecule has 4 aromatic rings. The molecule has 0 aliphatic carbocycles. The summed E-state index contributed by atoms with van der Waals surface area (Å²) in [4.78, 5) is 7.20. The van der Waals surface area contributed by atoms with E-state index in [0.29, 0.717) is 30.1 Å². The Kier molecular flexibility index (Phi) is 5.60. The van der Waals surface area contributed by atoms with Gasteiger partial charge in [-0.25, -0.2) is 9.37 Å². The van der Waals surface area contributed by atoms with Crippen molar-refractivity contribution in [1.29, 1.82) is 0 Å². The van der Waals surface area contributed by atoms with Crippen LogP contribution in [0, 0.1) is 5.82 Å². The van der Waals surface area contributed by atoms with Crippen LogP contribution in [0.4, 0.5) is 4.39 Å². The van der Waals surface area contributed by atoms with Crippen molar-refractivity contribution in [2.45, 2.75) is 38.3 Å². The summed E-state index contributed by atoms with van der Waals surface area (Å²) in [6.45, 7) is 6.62. The number of hydrogen-bond acceptors (Lipinski definition) is 6. The number of benzene rings is 1. The summed E-state index contributed by atoms with van der Waals surface area (Å²) in [7, 11) is 1.61. The maximum absolute atomic E-state index is 14.4. The molecule has 0 spiro atoms. The van der Waals surface area contributed by atoms with Gasteiger partial charge in [-0.05, 0) is 62.1 Å². The maximum Gasteiger partial charge on any atom is 0.187 e. The van der Waals surface area contributed by atoms with E-state index in [1.54, 1.807) is 13.2 Å². The average molecular weight is 449 g/mol. The predicted octanol–water partition coefficient (Wildman–Crippen LogP) is 3.76. The molecule has 33 heavy (non-hydrogen) atoms. The largest absolute Gasteiger partial charge is 0.384 e. The van der Waals surface area contributed by atoms with Gasteiger partial charge in [0.2, 0.25) is 0 Å². The Hall–Kier alpha value is -2.94. The molecule has 3 aromatic heterocycles.